The van der Waals surface area contributed by atoms with E-state index in [-0.39, 0.29) is 23.8 Å². The van der Waals surface area contributed by atoms with Crippen molar-refractivity contribution in [1.82, 2.24) is 26.0 Å². The summed E-state index contributed by atoms with van der Waals surface area (Å²) in [5.41, 5.74) is 6.53. The number of hydrazine groups is 1. The zero-order valence-electron chi connectivity index (χ0n) is 21.0. The maximum absolute atomic E-state index is 13.4. The van der Waals surface area contributed by atoms with E-state index in [2.05, 4.69) is 34.8 Å². The molecule has 4 amide bonds. The molecule has 0 spiro atoms. The second kappa shape index (κ2) is 11.5. The number of nitrogens with one attached hydrogen (secondary N) is 3. The van der Waals surface area contributed by atoms with Gasteiger partial charge in [0.05, 0.1) is 6.04 Å². The van der Waals surface area contributed by atoms with E-state index in [1.54, 1.807) is 11.8 Å². The highest BCUT2D eigenvalue weighted by Crippen LogP contribution is 2.36. The summed E-state index contributed by atoms with van der Waals surface area (Å²) in [6.45, 7) is 9.52. The smallest absolute Gasteiger partial charge is 0.258 e. The molecule has 190 valence electrons. The van der Waals surface area contributed by atoms with Crippen LogP contribution < -0.4 is 16.1 Å². The minimum absolute atomic E-state index is 0.0122. The zero-order chi connectivity index (χ0) is 25.7. The molecule has 1 aromatic rings. The van der Waals surface area contributed by atoms with E-state index >= 15 is 0 Å². The molecule has 1 aliphatic heterocycles. The standard InChI is InChI=1S/C26H37N5O4/c1-6-18-9-10-19-11-12-22(20(19)14-18)30(5)26(35)21-8-7-13-31(29-21)25(34)17(4)28-24(33)23(16(2)3)27-15-32/h6,9-10,14-17,21-23,29H,1,7-8,11-13H2,2-5H3,(H,27,32)(H,28,33)/t17-,21-,22+,23-/m0/s1. The van der Waals surface area contributed by atoms with Crippen LogP contribution in [0.15, 0.2) is 24.8 Å². The molecule has 1 saturated heterocycles. The van der Waals surface area contributed by atoms with Crippen LogP contribution in [0.5, 0.6) is 0 Å². The van der Waals surface area contributed by atoms with E-state index < -0.39 is 24.0 Å². The van der Waals surface area contributed by atoms with Gasteiger partial charge < -0.3 is 15.5 Å². The summed E-state index contributed by atoms with van der Waals surface area (Å²) in [6.07, 6.45) is 5.37. The Morgan fingerprint density at radius 3 is 2.63 bits per heavy atom. The number of nitrogens with zero attached hydrogens (tertiary/aromatic N) is 2. The molecule has 1 aliphatic carbocycles. The van der Waals surface area contributed by atoms with E-state index in [0.29, 0.717) is 25.8 Å². The maximum Gasteiger partial charge on any atom is 0.258 e. The SMILES string of the molecule is C=Cc1ccc2c(c1)[C@H](N(C)C(=O)[C@@H]1CCCN(C(=O)[C@H](C)NC(=O)[C@@H](NC=O)C(C)C)N1)CC2. The van der Waals surface area contributed by atoms with Crippen LogP contribution in [0.4, 0.5) is 0 Å². The molecule has 0 saturated carbocycles. The Kier molecular flexibility index (Phi) is 8.67. The van der Waals surface area contributed by atoms with Crippen LogP contribution in [0.3, 0.4) is 0 Å². The van der Waals surface area contributed by atoms with E-state index in [1.807, 2.05) is 33.0 Å². The first-order valence-electron chi connectivity index (χ1n) is 12.3. The van der Waals surface area contributed by atoms with Crippen molar-refractivity contribution in [1.29, 1.82) is 0 Å². The molecule has 4 atom stereocenters. The van der Waals surface area contributed by atoms with Gasteiger partial charge in [-0.25, -0.2) is 5.43 Å². The van der Waals surface area contributed by atoms with E-state index in [9.17, 15) is 19.2 Å². The Balaban J connectivity index is 1.63. The number of rotatable bonds is 9. The number of carbonyl (C=O) groups excluding carboxylic acids is 4. The molecule has 0 unspecified atom stereocenters. The zero-order valence-corrected chi connectivity index (χ0v) is 21.0. The van der Waals surface area contributed by atoms with Crippen LogP contribution in [0, 0.1) is 5.92 Å². The van der Waals surface area contributed by atoms with Gasteiger partial charge in [-0.15, -0.1) is 0 Å². The van der Waals surface area contributed by atoms with Crippen molar-refractivity contribution in [3.05, 3.63) is 41.5 Å². The number of benzene rings is 1. The average Bonchev–Trinajstić information content (AvgIpc) is 3.28. The third-order valence-corrected chi connectivity index (χ3v) is 6.94. The highest BCUT2D eigenvalue weighted by atomic mass is 16.2. The van der Waals surface area contributed by atoms with Crippen LogP contribution in [0.1, 0.15) is 62.8 Å². The van der Waals surface area contributed by atoms with Crippen molar-refractivity contribution in [3.8, 4) is 0 Å². The van der Waals surface area contributed by atoms with Gasteiger partial charge in [-0.1, -0.05) is 38.6 Å². The lowest BCUT2D eigenvalue weighted by atomic mass is 10.0. The number of fused-ring (bicyclic) bond motifs is 1. The number of carbonyl (C=O) groups is 4. The first-order valence-corrected chi connectivity index (χ1v) is 12.3. The second-order valence-corrected chi connectivity index (χ2v) is 9.72. The monoisotopic (exact) mass is 483 g/mol. The highest BCUT2D eigenvalue weighted by molar-refractivity contribution is 5.90. The Bertz CT molecular complexity index is 978. The van der Waals surface area contributed by atoms with Crippen molar-refractivity contribution in [2.75, 3.05) is 13.6 Å². The van der Waals surface area contributed by atoms with E-state index in [0.717, 1.165) is 24.0 Å². The lowest BCUT2D eigenvalue weighted by molar-refractivity contribution is -0.146. The van der Waals surface area contributed by atoms with Crippen LogP contribution in [0.25, 0.3) is 6.08 Å². The quantitative estimate of drug-likeness (QED) is 0.462. The summed E-state index contributed by atoms with van der Waals surface area (Å²) in [5, 5.41) is 6.61. The average molecular weight is 484 g/mol. The number of hydrogen-bond donors (Lipinski definition) is 3. The number of amides is 4. The minimum atomic E-state index is -0.810. The summed E-state index contributed by atoms with van der Waals surface area (Å²) in [6, 6.07) is 4.18. The van der Waals surface area contributed by atoms with Crippen molar-refractivity contribution >= 4 is 30.2 Å². The molecule has 0 radical (unpaired) electrons. The fourth-order valence-electron chi connectivity index (χ4n) is 4.89. The summed E-state index contributed by atoms with van der Waals surface area (Å²) in [7, 11) is 1.82. The van der Waals surface area contributed by atoms with Gasteiger partial charge >= 0.3 is 0 Å². The van der Waals surface area contributed by atoms with Crippen LogP contribution in [-0.2, 0) is 25.6 Å². The number of likely N-dealkylation sites (N-methyl/N-ethyl adjacent to an activating group) is 1. The summed E-state index contributed by atoms with van der Waals surface area (Å²) in [4.78, 5) is 51.6. The summed E-state index contributed by atoms with van der Waals surface area (Å²) < 4.78 is 0. The fourth-order valence-corrected chi connectivity index (χ4v) is 4.89. The van der Waals surface area contributed by atoms with Gasteiger partial charge in [-0.05, 0) is 61.3 Å². The van der Waals surface area contributed by atoms with Crippen molar-refractivity contribution in [2.24, 2.45) is 5.92 Å². The molecule has 3 rings (SSSR count). The minimum Gasteiger partial charge on any atom is -0.347 e. The Morgan fingerprint density at radius 2 is 1.97 bits per heavy atom. The fraction of sp³-hybridized carbons (Fsp3) is 0.538. The molecular weight excluding hydrogens is 446 g/mol. The van der Waals surface area contributed by atoms with Gasteiger partial charge in [-0.2, -0.15) is 0 Å². The second-order valence-electron chi connectivity index (χ2n) is 9.72. The van der Waals surface area contributed by atoms with Crippen molar-refractivity contribution in [2.45, 2.75) is 70.6 Å². The molecule has 1 aromatic carbocycles. The Morgan fingerprint density at radius 1 is 1.23 bits per heavy atom. The van der Waals surface area contributed by atoms with Gasteiger partial charge in [0.15, 0.2) is 0 Å². The Labute approximate surface area is 207 Å². The van der Waals surface area contributed by atoms with E-state index in [4.69, 9.17) is 0 Å². The molecule has 9 nitrogen and oxygen atoms in total. The largest absolute Gasteiger partial charge is 0.347 e. The number of hydrogen-bond acceptors (Lipinski definition) is 5. The first kappa shape index (κ1) is 26.4. The maximum atomic E-state index is 13.4. The first-order chi connectivity index (χ1) is 16.7. The molecule has 3 N–H and O–H groups in total. The number of aryl methyl sites for hydroxylation is 1. The van der Waals surface area contributed by atoms with Crippen molar-refractivity contribution < 1.29 is 19.2 Å². The van der Waals surface area contributed by atoms with Gasteiger partial charge in [0.1, 0.15) is 18.1 Å². The lowest BCUT2D eigenvalue weighted by Gasteiger charge is -2.37. The molecular formula is C26H37N5O4. The molecule has 1 fully saturated rings. The lowest BCUT2D eigenvalue weighted by Crippen LogP contribution is -2.61. The molecule has 9 heteroatoms. The summed E-state index contributed by atoms with van der Waals surface area (Å²) >= 11 is 0. The molecule has 1 heterocycles. The molecule has 2 aliphatic rings. The molecule has 0 bridgehead atoms. The van der Waals surface area contributed by atoms with Gasteiger partial charge in [0, 0.05) is 13.6 Å². The topological polar surface area (TPSA) is 111 Å². The van der Waals surface area contributed by atoms with Crippen LogP contribution >= 0.6 is 0 Å². The van der Waals surface area contributed by atoms with E-state index in [1.165, 1.54) is 10.6 Å². The van der Waals surface area contributed by atoms with Crippen molar-refractivity contribution in [3.63, 3.8) is 0 Å². The highest BCUT2D eigenvalue weighted by Gasteiger charge is 2.36. The molecule has 0 aromatic heterocycles. The predicted molar refractivity (Wildman–Crippen MR) is 134 cm³/mol. The van der Waals surface area contributed by atoms with Crippen LogP contribution in [0.2, 0.25) is 0 Å². The Hall–Kier alpha value is -3.20. The third-order valence-electron chi connectivity index (χ3n) is 6.94. The van der Waals surface area contributed by atoms with Gasteiger partial charge in [0.25, 0.3) is 5.91 Å². The third kappa shape index (κ3) is 5.90. The molecule has 35 heavy (non-hydrogen) atoms. The van der Waals surface area contributed by atoms with Gasteiger partial charge in [-0.3, -0.25) is 24.2 Å². The summed E-state index contributed by atoms with van der Waals surface area (Å²) in [5.74, 6) is -0.933. The van der Waals surface area contributed by atoms with Crippen LogP contribution in [-0.4, -0.2) is 65.8 Å². The van der Waals surface area contributed by atoms with Gasteiger partial charge in [0.2, 0.25) is 18.2 Å². The predicted octanol–water partition coefficient (Wildman–Crippen LogP) is 1.55. The normalized spacial score (nSPS) is 21.0.